The Morgan fingerprint density at radius 2 is 1.16 bits per heavy atom. The minimum absolute atomic E-state index is 0.00716. The molecule has 0 aliphatic rings. The van der Waals surface area contributed by atoms with Crippen molar-refractivity contribution < 1.29 is 42.9 Å². The molecule has 0 fully saturated rings. The summed E-state index contributed by atoms with van der Waals surface area (Å²) < 4.78 is 30.9. The van der Waals surface area contributed by atoms with E-state index in [0.29, 0.717) is 31.3 Å². The molecule has 0 bridgehead atoms. The van der Waals surface area contributed by atoms with Crippen LogP contribution in [0.1, 0.15) is 76.4 Å². The number of unbranched alkanes of at least 4 members (excludes halogenated alkanes) is 1. The average Bonchev–Trinajstić information content (AvgIpc) is 3.65. The number of esters is 2. The molecule has 240 valence electrons. The van der Waals surface area contributed by atoms with Crippen molar-refractivity contribution in [3.05, 3.63) is 50.8 Å². The van der Waals surface area contributed by atoms with E-state index in [1.54, 1.807) is 28.1 Å². The summed E-state index contributed by atoms with van der Waals surface area (Å²) in [5.41, 5.74) is 1.08. The van der Waals surface area contributed by atoms with E-state index in [1.807, 2.05) is 30.3 Å². The van der Waals surface area contributed by atoms with Crippen LogP contribution >= 0.6 is 0 Å². The Morgan fingerprint density at radius 3 is 1.69 bits per heavy atom. The van der Waals surface area contributed by atoms with Gasteiger partial charge in [-0.2, -0.15) is 0 Å². The molecule has 0 aliphatic carbocycles. The van der Waals surface area contributed by atoms with Crippen molar-refractivity contribution in [1.29, 1.82) is 0 Å². The second kappa shape index (κ2) is 16.8. The number of Topliss-reactive ketones (excluding diaryl/α,β-unsaturated/α-hetero) is 2. The first-order chi connectivity index (χ1) is 21.8. The van der Waals surface area contributed by atoms with Crippen LogP contribution < -0.4 is 14.2 Å². The zero-order chi connectivity index (χ0) is 32.3. The summed E-state index contributed by atoms with van der Waals surface area (Å²) in [6, 6.07) is 11.8. The van der Waals surface area contributed by atoms with E-state index in [9.17, 15) is 19.2 Å². The van der Waals surface area contributed by atoms with Crippen LogP contribution in [0.25, 0.3) is 19.3 Å². The van der Waals surface area contributed by atoms with Crippen LogP contribution in [0, 0.1) is 0 Å². The zero-order valence-corrected chi connectivity index (χ0v) is 29.5. The molecule has 0 spiro atoms. The summed E-state index contributed by atoms with van der Waals surface area (Å²) in [5.74, 6) is 1.33. The number of aryl methyl sites for hydroxylation is 1. The molecule has 2 heterocycles. The van der Waals surface area contributed by atoms with Gasteiger partial charge in [-0.25, -0.2) is 0 Å². The second-order valence-corrected chi connectivity index (χ2v) is 14.8. The summed E-state index contributed by atoms with van der Waals surface area (Å²) in [5, 5.41) is 1.99. The predicted octanol–water partition coefficient (Wildman–Crippen LogP) is 5.58. The summed E-state index contributed by atoms with van der Waals surface area (Å²) in [7, 11) is 3.26. The summed E-state index contributed by atoms with van der Waals surface area (Å²) in [6.45, 7) is 4.60. The Morgan fingerprint density at radius 1 is 0.622 bits per heavy atom. The SMILES string of the molecule is CCOC(=O)CCC(=O)c1cc2cc(CCCCOc3cc4cc(C(=O)CCC(=O)OCC)[se]c4cc3OC)c(OC)cc2[se]1. The molecule has 45 heavy (non-hydrogen) atoms. The topological polar surface area (TPSA) is 114 Å². The van der Waals surface area contributed by atoms with Crippen LogP contribution in [-0.2, 0) is 25.5 Å². The summed E-state index contributed by atoms with van der Waals surface area (Å²) in [6.07, 6.45) is 2.94. The third kappa shape index (κ3) is 9.33. The first-order valence-corrected chi connectivity index (χ1v) is 18.4. The first-order valence-electron chi connectivity index (χ1n) is 15.0. The van der Waals surface area contributed by atoms with Crippen molar-refractivity contribution in [2.75, 3.05) is 34.0 Å². The molecule has 0 aliphatic heterocycles. The second-order valence-electron chi connectivity index (χ2n) is 10.2. The van der Waals surface area contributed by atoms with Crippen molar-refractivity contribution in [1.82, 2.24) is 0 Å². The van der Waals surface area contributed by atoms with Gasteiger partial charge in [0.05, 0.1) is 0 Å². The van der Waals surface area contributed by atoms with Crippen LogP contribution in [0.15, 0.2) is 36.4 Å². The zero-order valence-electron chi connectivity index (χ0n) is 26.0. The Hall–Kier alpha value is -3.36. The Kier molecular flexibility index (Phi) is 12.9. The molecule has 11 heteroatoms. The van der Waals surface area contributed by atoms with E-state index in [2.05, 4.69) is 6.07 Å². The van der Waals surface area contributed by atoms with Crippen LogP contribution in [0.2, 0.25) is 0 Å². The van der Waals surface area contributed by atoms with Gasteiger partial charge < -0.3 is 0 Å². The fraction of sp³-hybridized carbons (Fsp3) is 0.412. The van der Waals surface area contributed by atoms with Gasteiger partial charge in [0.2, 0.25) is 0 Å². The van der Waals surface area contributed by atoms with E-state index in [1.165, 1.54) is 0 Å². The van der Waals surface area contributed by atoms with Crippen molar-refractivity contribution in [2.24, 2.45) is 0 Å². The fourth-order valence-electron chi connectivity index (χ4n) is 4.84. The average molecular weight is 749 g/mol. The number of hydrogen-bond donors (Lipinski definition) is 0. The predicted molar refractivity (Wildman–Crippen MR) is 174 cm³/mol. The number of hydrogen-bond acceptors (Lipinski definition) is 9. The first kappa shape index (κ1) is 34.5. The number of carbonyl (C=O) groups excluding carboxylic acids is 4. The van der Waals surface area contributed by atoms with Gasteiger partial charge in [-0.3, -0.25) is 0 Å². The summed E-state index contributed by atoms with van der Waals surface area (Å²) >= 11 is -0.280. The maximum atomic E-state index is 12.7. The number of methoxy groups -OCH3 is 2. The van der Waals surface area contributed by atoms with Gasteiger partial charge in [-0.05, 0) is 0 Å². The van der Waals surface area contributed by atoms with Crippen molar-refractivity contribution in [3.8, 4) is 17.2 Å². The molecule has 0 N–H and O–H groups in total. The summed E-state index contributed by atoms with van der Waals surface area (Å²) in [4.78, 5) is 48.7. The number of ether oxygens (including phenoxy) is 5. The van der Waals surface area contributed by atoms with E-state index >= 15 is 0 Å². The van der Waals surface area contributed by atoms with Crippen LogP contribution in [0.5, 0.6) is 17.2 Å². The molecule has 0 atom stereocenters. The normalized spacial score (nSPS) is 11.0. The molecule has 2 aromatic carbocycles. The standard InChI is InChI=1S/C34H38O9Se2/c1-5-41-33(37)12-10-24(35)31-17-22-15-21(26(39-3)19-29(22)44-31)9-7-8-14-43-28-16-23-18-32(45-30(23)20-27(28)40-4)25(36)11-13-34(38)42-6-2/h15-20H,5-14H2,1-4H3. The molecule has 2 aromatic heterocycles. The van der Waals surface area contributed by atoms with Crippen molar-refractivity contribution in [2.45, 2.75) is 58.8 Å². The van der Waals surface area contributed by atoms with Gasteiger partial charge in [-0.15, -0.1) is 0 Å². The minimum atomic E-state index is -0.357. The number of benzene rings is 2. The molecule has 0 radical (unpaired) electrons. The number of rotatable bonds is 18. The van der Waals surface area contributed by atoms with E-state index in [0.717, 1.165) is 58.7 Å². The van der Waals surface area contributed by atoms with Crippen molar-refractivity contribution >= 4 is 71.8 Å². The number of carbonyl (C=O) groups is 4. The quantitative estimate of drug-likeness (QED) is 0.0557. The van der Waals surface area contributed by atoms with Crippen LogP contribution in [0.3, 0.4) is 0 Å². The van der Waals surface area contributed by atoms with Gasteiger partial charge in [0.1, 0.15) is 0 Å². The van der Waals surface area contributed by atoms with Gasteiger partial charge in [0.25, 0.3) is 0 Å². The number of ketones is 2. The molecule has 9 nitrogen and oxygen atoms in total. The molecular formula is C34H38O9Se2. The Labute approximate surface area is 274 Å². The molecule has 0 unspecified atom stereocenters. The Bertz CT molecular complexity index is 1550. The maximum absolute atomic E-state index is 12.7. The van der Waals surface area contributed by atoms with E-state index in [-0.39, 0.29) is 78.2 Å². The van der Waals surface area contributed by atoms with Crippen LogP contribution in [0.4, 0.5) is 0 Å². The number of fused-ring (bicyclic) bond motifs is 2. The van der Waals surface area contributed by atoms with Crippen LogP contribution in [-0.4, -0.2) is 86.6 Å². The van der Waals surface area contributed by atoms with E-state index in [4.69, 9.17) is 23.7 Å². The van der Waals surface area contributed by atoms with Crippen molar-refractivity contribution in [3.63, 3.8) is 0 Å². The molecule has 4 aromatic rings. The van der Waals surface area contributed by atoms with Gasteiger partial charge in [0, 0.05) is 0 Å². The third-order valence-corrected chi connectivity index (χ3v) is 11.9. The van der Waals surface area contributed by atoms with Gasteiger partial charge in [0.15, 0.2) is 0 Å². The molecule has 0 amide bonds. The fourth-order valence-corrected chi connectivity index (χ4v) is 9.20. The molecular weight excluding hydrogens is 710 g/mol. The van der Waals surface area contributed by atoms with Gasteiger partial charge >= 0.3 is 276 Å². The Balaban J connectivity index is 1.33. The molecule has 0 saturated heterocycles. The van der Waals surface area contributed by atoms with Gasteiger partial charge in [-0.1, -0.05) is 0 Å². The monoisotopic (exact) mass is 750 g/mol. The molecule has 4 rings (SSSR count). The third-order valence-electron chi connectivity index (χ3n) is 7.09. The van der Waals surface area contributed by atoms with E-state index < -0.39 is 0 Å². The molecule has 0 saturated carbocycles.